The molecule has 0 saturated heterocycles. The molecular weight excluding hydrogens is 278 g/mol. The molecular formula is C18H13NO3. The highest BCUT2D eigenvalue weighted by Gasteiger charge is 2.32. The molecule has 22 heavy (non-hydrogen) atoms. The van der Waals surface area contributed by atoms with Gasteiger partial charge in [-0.3, -0.25) is 14.4 Å². The zero-order chi connectivity index (χ0) is 15.7. The molecule has 1 N–H and O–H groups in total. The van der Waals surface area contributed by atoms with Crippen LogP contribution in [0.2, 0.25) is 0 Å². The van der Waals surface area contributed by atoms with Crippen LogP contribution in [0.3, 0.4) is 0 Å². The Hall–Kier alpha value is -3.01. The van der Waals surface area contributed by atoms with Gasteiger partial charge in [-0.25, -0.2) is 0 Å². The van der Waals surface area contributed by atoms with Gasteiger partial charge in [0.1, 0.15) is 0 Å². The van der Waals surface area contributed by atoms with E-state index in [9.17, 15) is 14.4 Å². The Morgan fingerprint density at radius 2 is 1.45 bits per heavy atom. The van der Waals surface area contributed by atoms with Crippen molar-refractivity contribution in [3.8, 4) is 0 Å². The molecule has 2 aromatic carbocycles. The molecule has 0 radical (unpaired) electrons. The Morgan fingerprint density at radius 1 is 0.909 bits per heavy atom. The van der Waals surface area contributed by atoms with Crippen LogP contribution < -0.4 is 5.32 Å². The molecule has 0 heterocycles. The molecule has 3 rings (SSSR count). The van der Waals surface area contributed by atoms with Crippen molar-refractivity contribution in [1.29, 1.82) is 0 Å². The zero-order valence-electron chi connectivity index (χ0n) is 11.9. The summed E-state index contributed by atoms with van der Waals surface area (Å²) in [5, 5.41) is 2.54. The van der Waals surface area contributed by atoms with Crippen LogP contribution in [0.1, 0.15) is 36.6 Å². The number of hydrogen-bond donors (Lipinski definition) is 1. The van der Waals surface area contributed by atoms with Gasteiger partial charge in [-0.1, -0.05) is 36.4 Å². The summed E-state index contributed by atoms with van der Waals surface area (Å²) in [6.45, 7) is 0. The summed E-state index contributed by atoms with van der Waals surface area (Å²) < 4.78 is 0. The van der Waals surface area contributed by atoms with Gasteiger partial charge in [0.15, 0.2) is 11.6 Å². The summed E-state index contributed by atoms with van der Waals surface area (Å²) in [7, 11) is 1.56. The van der Waals surface area contributed by atoms with E-state index in [0.717, 1.165) is 0 Å². The molecule has 0 atom stereocenters. The smallest absolute Gasteiger partial charge is 0.251 e. The van der Waals surface area contributed by atoms with Gasteiger partial charge < -0.3 is 5.32 Å². The van der Waals surface area contributed by atoms with Gasteiger partial charge in [0.05, 0.1) is 5.57 Å². The predicted molar refractivity (Wildman–Crippen MR) is 82.9 cm³/mol. The van der Waals surface area contributed by atoms with Gasteiger partial charge in [-0.05, 0) is 23.8 Å². The number of Topliss-reactive ketones (excluding diaryl/α,β-unsaturated/α-hetero) is 2. The third-order valence-electron chi connectivity index (χ3n) is 3.62. The Bertz CT molecular complexity index is 779. The lowest BCUT2D eigenvalue weighted by atomic mass is 10.1. The van der Waals surface area contributed by atoms with E-state index in [-0.39, 0.29) is 23.0 Å². The predicted octanol–water partition coefficient (Wildman–Crippen LogP) is 2.51. The van der Waals surface area contributed by atoms with Crippen molar-refractivity contribution in [2.45, 2.75) is 0 Å². The molecule has 108 valence electrons. The van der Waals surface area contributed by atoms with E-state index in [1.54, 1.807) is 61.7 Å². The first-order valence-electron chi connectivity index (χ1n) is 6.84. The average molecular weight is 291 g/mol. The van der Waals surface area contributed by atoms with Crippen molar-refractivity contribution in [2.24, 2.45) is 0 Å². The van der Waals surface area contributed by atoms with Crippen LogP contribution in [0.5, 0.6) is 0 Å². The molecule has 1 amide bonds. The van der Waals surface area contributed by atoms with E-state index in [2.05, 4.69) is 5.32 Å². The third-order valence-corrected chi connectivity index (χ3v) is 3.62. The summed E-state index contributed by atoms with van der Waals surface area (Å²) in [6, 6.07) is 13.5. The quantitative estimate of drug-likeness (QED) is 0.683. The SMILES string of the molecule is CNC(=O)c1ccc(C=C2C(=O)c3ccccc3C2=O)cc1. The molecule has 0 spiro atoms. The average Bonchev–Trinajstić information content (AvgIpc) is 2.80. The maximum Gasteiger partial charge on any atom is 0.251 e. The second-order valence-electron chi connectivity index (χ2n) is 4.96. The summed E-state index contributed by atoms with van der Waals surface area (Å²) in [6.07, 6.45) is 1.57. The molecule has 2 aromatic rings. The van der Waals surface area contributed by atoms with E-state index >= 15 is 0 Å². The third kappa shape index (κ3) is 2.24. The van der Waals surface area contributed by atoms with Gasteiger partial charge in [0, 0.05) is 23.7 Å². The van der Waals surface area contributed by atoms with Gasteiger partial charge in [0.2, 0.25) is 0 Å². The number of rotatable bonds is 2. The lowest BCUT2D eigenvalue weighted by molar-refractivity contribution is 0.0959. The summed E-state index contributed by atoms with van der Waals surface area (Å²) in [4.78, 5) is 36.0. The maximum absolute atomic E-state index is 12.3. The number of benzene rings is 2. The summed E-state index contributed by atoms with van der Waals surface area (Å²) >= 11 is 0. The molecule has 0 bridgehead atoms. The highest BCUT2D eigenvalue weighted by Crippen LogP contribution is 2.27. The Balaban J connectivity index is 1.95. The minimum absolute atomic E-state index is 0.161. The van der Waals surface area contributed by atoms with Crippen molar-refractivity contribution in [1.82, 2.24) is 5.32 Å². The highest BCUT2D eigenvalue weighted by molar-refractivity contribution is 6.41. The molecule has 4 nitrogen and oxygen atoms in total. The van der Waals surface area contributed by atoms with Crippen molar-refractivity contribution in [2.75, 3.05) is 7.05 Å². The minimum atomic E-state index is -0.254. The van der Waals surface area contributed by atoms with Gasteiger partial charge in [-0.2, -0.15) is 0 Å². The van der Waals surface area contributed by atoms with E-state index in [1.807, 2.05) is 0 Å². The summed E-state index contributed by atoms with van der Waals surface area (Å²) in [5.74, 6) is -0.688. The van der Waals surface area contributed by atoms with Crippen LogP contribution in [0.25, 0.3) is 6.08 Å². The maximum atomic E-state index is 12.3. The van der Waals surface area contributed by atoms with Crippen molar-refractivity contribution in [3.63, 3.8) is 0 Å². The van der Waals surface area contributed by atoms with Crippen LogP contribution in [0, 0.1) is 0 Å². The van der Waals surface area contributed by atoms with Crippen molar-refractivity contribution < 1.29 is 14.4 Å². The van der Waals surface area contributed by atoms with Crippen LogP contribution in [0.15, 0.2) is 54.1 Å². The molecule has 0 aromatic heterocycles. The lowest BCUT2D eigenvalue weighted by Gasteiger charge is -2.00. The zero-order valence-corrected chi connectivity index (χ0v) is 11.9. The number of hydrogen-bond acceptors (Lipinski definition) is 3. The first-order valence-corrected chi connectivity index (χ1v) is 6.84. The number of nitrogens with one attached hydrogen (secondary N) is 1. The molecule has 4 heteroatoms. The topological polar surface area (TPSA) is 63.2 Å². The van der Waals surface area contributed by atoms with Gasteiger partial charge in [-0.15, -0.1) is 0 Å². The van der Waals surface area contributed by atoms with E-state index in [1.165, 1.54) is 0 Å². The van der Waals surface area contributed by atoms with E-state index in [4.69, 9.17) is 0 Å². The molecule has 1 aliphatic carbocycles. The number of carbonyl (C=O) groups excluding carboxylic acids is 3. The lowest BCUT2D eigenvalue weighted by Crippen LogP contribution is -2.17. The second-order valence-corrected chi connectivity index (χ2v) is 4.96. The van der Waals surface area contributed by atoms with Gasteiger partial charge in [0.25, 0.3) is 5.91 Å². The molecule has 0 saturated carbocycles. The van der Waals surface area contributed by atoms with E-state index in [0.29, 0.717) is 22.3 Å². The second kappa shape index (κ2) is 5.41. The number of fused-ring (bicyclic) bond motifs is 1. The number of carbonyl (C=O) groups is 3. The fourth-order valence-electron chi connectivity index (χ4n) is 2.45. The first kappa shape index (κ1) is 13.9. The Morgan fingerprint density at radius 3 is 1.95 bits per heavy atom. The molecule has 0 unspecified atom stereocenters. The number of ketones is 2. The molecule has 0 fully saturated rings. The minimum Gasteiger partial charge on any atom is -0.355 e. The van der Waals surface area contributed by atoms with E-state index < -0.39 is 0 Å². The van der Waals surface area contributed by atoms with Crippen LogP contribution in [0.4, 0.5) is 0 Å². The van der Waals surface area contributed by atoms with Crippen LogP contribution in [-0.4, -0.2) is 24.5 Å². The van der Waals surface area contributed by atoms with Crippen LogP contribution >= 0.6 is 0 Å². The fraction of sp³-hybridized carbons (Fsp3) is 0.0556. The monoisotopic (exact) mass is 291 g/mol. The van der Waals surface area contributed by atoms with Crippen molar-refractivity contribution in [3.05, 3.63) is 76.4 Å². The number of amides is 1. The molecule has 1 aliphatic rings. The normalized spacial score (nSPS) is 13.0. The summed E-state index contributed by atoms with van der Waals surface area (Å²) in [5.41, 5.74) is 2.28. The number of allylic oxidation sites excluding steroid dienone is 1. The highest BCUT2D eigenvalue weighted by atomic mass is 16.2. The Kier molecular flexibility index (Phi) is 3.43. The Labute approximate surface area is 127 Å². The molecule has 0 aliphatic heterocycles. The van der Waals surface area contributed by atoms with Gasteiger partial charge >= 0.3 is 0 Å². The largest absolute Gasteiger partial charge is 0.355 e. The van der Waals surface area contributed by atoms with Crippen LogP contribution in [-0.2, 0) is 0 Å². The van der Waals surface area contributed by atoms with Crippen molar-refractivity contribution >= 4 is 23.5 Å². The fourth-order valence-corrected chi connectivity index (χ4v) is 2.45. The standard InChI is InChI=1S/C18H13NO3/c1-19-18(22)12-8-6-11(7-9-12)10-15-16(20)13-4-2-3-5-14(13)17(15)21/h2-10H,1H3,(H,19,22). The first-order chi connectivity index (χ1) is 10.6.